The maximum atomic E-state index is 6.06. The van der Waals surface area contributed by atoms with Gasteiger partial charge in [-0.2, -0.15) is 0 Å². The molecule has 0 amide bonds. The van der Waals surface area contributed by atoms with Gasteiger partial charge in [0.2, 0.25) is 0 Å². The van der Waals surface area contributed by atoms with Crippen molar-refractivity contribution in [3.8, 4) is 11.4 Å². The molecule has 0 fully saturated rings. The van der Waals surface area contributed by atoms with Crippen molar-refractivity contribution < 1.29 is 0 Å². The Bertz CT molecular complexity index is 787. The molecule has 4 nitrogen and oxygen atoms in total. The number of hydrogen-bond acceptors (Lipinski definition) is 3. The van der Waals surface area contributed by atoms with E-state index in [4.69, 9.17) is 28.1 Å². The van der Waals surface area contributed by atoms with E-state index in [0.717, 1.165) is 35.4 Å². The summed E-state index contributed by atoms with van der Waals surface area (Å²) in [6.07, 6.45) is 1.01. The van der Waals surface area contributed by atoms with E-state index in [1.54, 1.807) is 6.07 Å². The number of fused-ring (bicyclic) bond motifs is 1. The molecule has 1 aromatic heterocycles. The van der Waals surface area contributed by atoms with Crippen LogP contribution in [0.1, 0.15) is 13.3 Å². The number of nitrogens with two attached hydrogens (primary N) is 2. The summed E-state index contributed by atoms with van der Waals surface area (Å²) in [7, 11) is 0. The van der Waals surface area contributed by atoms with Crippen molar-refractivity contribution >= 4 is 34.0 Å². The zero-order chi connectivity index (χ0) is 15.0. The van der Waals surface area contributed by atoms with Gasteiger partial charge in [-0.3, -0.25) is 0 Å². The second-order valence-corrected chi connectivity index (χ2v) is 5.54. The molecule has 0 spiro atoms. The second-order valence-electron chi connectivity index (χ2n) is 5.11. The second kappa shape index (κ2) is 5.30. The molecule has 0 atom stereocenters. The first-order valence-corrected chi connectivity index (χ1v) is 7.28. The Labute approximate surface area is 128 Å². The van der Waals surface area contributed by atoms with Crippen LogP contribution in [-0.4, -0.2) is 9.55 Å². The Morgan fingerprint density at radius 1 is 1.10 bits per heavy atom. The molecule has 2 aromatic carbocycles. The molecule has 0 radical (unpaired) electrons. The molecule has 1 heterocycles. The van der Waals surface area contributed by atoms with Crippen LogP contribution in [-0.2, 0) is 6.54 Å². The summed E-state index contributed by atoms with van der Waals surface area (Å²) in [5.74, 6) is 0.869. The molecule has 21 heavy (non-hydrogen) atoms. The lowest BCUT2D eigenvalue weighted by molar-refractivity contribution is 0.704. The van der Waals surface area contributed by atoms with Crippen LogP contribution in [0.3, 0.4) is 0 Å². The average Bonchev–Trinajstić information content (AvgIpc) is 2.76. The summed E-state index contributed by atoms with van der Waals surface area (Å²) < 4.78 is 2.18. The maximum Gasteiger partial charge on any atom is 0.141 e. The Morgan fingerprint density at radius 2 is 1.81 bits per heavy atom. The van der Waals surface area contributed by atoms with Gasteiger partial charge in [0.15, 0.2) is 0 Å². The Kier molecular flexibility index (Phi) is 3.47. The van der Waals surface area contributed by atoms with Crippen LogP contribution in [0.25, 0.3) is 22.4 Å². The summed E-state index contributed by atoms with van der Waals surface area (Å²) >= 11 is 6.06. The van der Waals surface area contributed by atoms with Crippen molar-refractivity contribution in [3.05, 3.63) is 41.4 Å². The van der Waals surface area contributed by atoms with Gasteiger partial charge < -0.3 is 16.0 Å². The number of aromatic nitrogens is 2. The van der Waals surface area contributed by atoms with E-state index in [1.807, 2.05) is 30.3 Å². The van der Waals surface area contributed by atoms with Crippen molar-refractivity contribution in [1.82, 2.24) is 9.55 Å². The van der Waals surface area contributed by atoms with Gasteiger partial charge in [-0.05, 0) is 42.8 Å². The number of nitrogen functional groups attached to an aromatic ring is 2. The summed E-state index contributed by atoms with van der Waals surface area (Å²) in [6.45, 7) is 3.02. The third-order valence-corrected chi connectivity index (χ3v) is 3.63. The molecular weight excluding hydrogens is 284 g/mol. The van der Waals surface area contributed by atoms with Crippen molar-refractivity contribution in [3.63, 3.8) is 0 Å². The van der Waals surface area contributed by atoms with Gasteiger partial charge in [-0.25, -0.2) is 4.98 Å². The maximum absolute atomic E-state index is 6.06. The number of aryl methyl sites for hydroxylation is 1. The average molecular weight is 301 g/mol. The highest BCUT2D eigenvalue weighted by molar-refractivity contribution is 6.31. The monoisotopic (exact) mass is 300 g/mol. The van der Waals surface area contributed by atoms with E-state index in [9.17, 15) is 0 Å². The number of imidazole rings is 1. The zero-order valence-corrected chi connectivity index (χ0v) is 12.6. The predicted molar refractivity (Wildman–Crippen MR) is 89.3 cm³/mol. The molecule has 0 saturated heterocycles. The van der Waals surface area contributed by atoms with Crippen LogP contribution in [0.2, 0.25) is 5.02 Å². The lowest BCUT2D eigenvalue weighted by atomic mass is 10.1. The molecule has 4 N–H and O–H groups in total. The van der Waals surface area contributed by atoms with Crippen LogP contribution < -0.4 is 11.5 Å². The van der Waals surface area contributed by atoms with Crippen molar-refractivity contribution in [1.29, 1.82) is 0 Å². The number of nitrogens with zero attached hydrogens (tertiary/aromatic N) is 2. The minimum Gasteiger partial charge on any atom is -0.399 e. The lowest BCUT2D eigenvalue weighted by Crippen LogP contribution is -2.01. The standard InChI is InChI=1S/C16H17ClN4/c1-2-5-21-15-4-3-11(17)8-14(15)20-16(21)10-6-12(18)9-13(19)7-10/h3-4,6-9H,2,5,18-19H2,1H3. The SMILES string of the molecule is CCCn1c(-c2cc(N)cc(N)c2)nc2cc(Cl)ccc21. The van der Waals surface area contributed by atoms with E-state index in [0.29, 0.717) is 16.4 Å². The third kappa shape index (κ3) is 2.54. The summed E-state index contributed by atoms with van der Waals surface area (Å²) in [6, 6.07) is 11.3. The fourth-order valence-corrected chi connectivity index (χ4v) is 2.75. The Hall–Kier alpha value is -2.20. The Morgan fingerprint density at radius 3 is 2.48 bits per heavy atom. The summed E-state index contributed by atoms with van der Waals surface area (Å²) in [5.41, 5.74) is 15.9. The van der Waals surface area contributed by atoms with E-state index in [1.165, 1.54) is 0 Å². The van der Waals surface area contributed by atoms with Crippen LogP contribution in [0.4, 0.5) is 11.4 Å². The lowest BCUT2D eigenvalue weighted by Gasteiger charge is -2.09. The highest BCUT2D eigenvalue weighted by Gasteiger charge is 2.13. The zero-order valence-electron chi connectivity index (χ0n) is 11.8. The summed E-state index contributed by atoms with van der Waals surface area (Å²) in [5, 5.41) is 0.683. The molecule has 0 saturated carbocycles. The highest BCUT2D eigenvalue weighted by Crippen LogP contribution is 2.29. The first kappa shape index (κ1) is 13.8. The van der Waals surface area contributed by atoms with Gasteiger partial charge in [0.05, 0.1) is 11.0 Å². The van der Waals surface area contributed by atoms with Gasteiger partial charge in [-0.1, -0.05) is 18.5 Å². The largest absolute Gasteiger partial charge is 0.399 e. The molecule has 3 rings (SSSR count). The molecule has 0 unspecified atom stereocenters. The molecule has 0 aliphatic heterocycles. The molecule has 0 aliphatic rings. The molecule has 0 bridgehead atoms. The van der Waals surface area contributed by atoms with Gasteiger partial charge in [-0.15, -0.1) is 0 Å². The number of anilines is 2. The van der Waals surface area contributed by atoms with Crippen LogP contribution in [0.15, 0.2) is 36.4 Å². The van der Waals surface area contributed by atoms with Crippen molar-refractivity contribution in [2.45, 2.75) is 19.9 Å². The minimum atomic E-state index is 0.637. The van der Waals surface area contributed by atoms with Crippen LogP contribution in [0, 0.1) is 0 Å². The quantitative estimate of drug-likeness (QED) is 0.720. The highest BCUT2D eigenvalue weighted by atomic mass is 35.5. The Balaban J connectivity index is 2.27. The molecule has 0 aliphatic carbocycles. The number of hydrogen-bond donors (Lipinski definition) is 2. The van der Waals surface area contributed by atoms with E-state index in [-0.39, 0.29) is 0 Å². The normalized spacial score (nSPS) is 11.1. The van der Waals surface area contributed by atoms with Gasteiger partial charge in [0, 0.05) is 28.5 Å². The predicted octanol–water partition coefficient (Wildman–Crippen LogP) is 3.93. The van der Waals surface area contributed by atoms with Crippen molar-refractivity contribution in [2.75, 3.05) is 11.5 Å². The topological polar surface area (TPSA) is 69.9 Å². The van der Waals surface area contributed by atoms with Gasteiger partial charge in [0.25, 0.3) is 0 Å². The van der Waals surface area contributed by atoms with E-state index < -0.39 is 0 Å². The fourth-order valence-electron chi connectivity index (χ4n) is 2.58. The molecule has 5 heteroatoms. The van der Waals surface area contributed by atoms with Crippen LogP contribution in [0.5, 0.6) is 0 Å². The molecular formula is C16H17ClN4. The number of benzene rings is 2. The molecule has 108 valence electrons. The first-order chi connectivity index (χ1) is 10.1. The first-order valence-electron chi connectivity index (χ1n) is 6.90. The van der Waals surface area contributed by atoms with E-state index in [2.05, 4.69) is 11.5 Å². The molecule has 3 aromatic rings. The third-order valence-electron chi connectivity index (χ3n) is 3.39. The minimum absolute atomic E-state index is 0.637. The number of rotatable bonds is 3. The van der Waals surface area contributed by atoms with E-state index >= 15 is 0 Å². The van der Waals surface area contributed by atoms with Crippen molar-refractivity contribution in [2.24, 2.45) is 0 Å². The van der Waals surface area contributed by atoms with Gasteiger partial charge in [0.1, 0.15) is 5.82 Å². The smallest absolute Gasteiger partial charge is 0.141 e. The summed E-state index contributed by atoms with van der Waals surface area (Å²) in [4.78, 5) is 4.71. The van der Waals surface area contributed by atoms with Crippen LogP contribution >= 0.6 is 11.6 Å². The fraction of sp³-hybridized carbons (Fsp3) is 0.188. The number of halogens is 1. The van der Waals surface area contributed by atoms with Gasteiger partial charge >= 0.3 is 0 Å².